The van der Waals surface area contributed by atoms with Crippen molar-refractivity contribution in [2.24, 2.45) is 0 Å². The van der Waals surface area contributed by atoms with Crippen molar-refractivity contribution in [3.8, 4) is 0 Å². The zero-order chi connectivity index (χ0) is 10.2. The second kappa shape index (κ2) is 6.77. The molecule has 0 aliphatic carbocycles. The van der Waals surface area contributed by atoms with Crippen molar-refractivity contribution >= 4 is 8.07 Å². The largest absolute Gasteiger partial charge is 0.502 e. The summed E-state index contributed by atoms with van der Waals surface area (Å²) in [6.07, 6.45) is 3.01. The highest BCUT2D eigenvalue weighted by Gasteiger charge is 2.19. The van der Waals surface area contributed by atoms with Crippen LogP contribution in [-0.2, 0) is 9.47 Å². The molecule has 0 aliphatic heterocycles. The van der Waals surface area contributed by atoms with Gasteiger partial charge in [-0.15, -0.1) is 0 Å². The summed E-state index contributed by atoms with van der Waals surface area (Å²) < 4.78 is 10.2. The molecule has 0 aliphatic rings. The highest BCUT2D eigenvalue weighted by molar-refractivity contribution is 6.77. The molecule has 0 radical (unpaired) electrons. The van der Waals surface area contributed by atoms with Crippen LogP contribution in [0.15, 0.2) is 25.7 Å². The van der Waals surface area contributed by atoms with Gasteiger partial charge in [0.25, 0.3) is 0 Å². The lowest BCUT2D eigenvalue weighted by atomic mass is 10.8. The Balaban J connectivity index is 3.52. The van der Waals surface area contributed by atoms with E-state index in [1.807, 2.05) is 0 Å². The molecule has 2 nitrogen and oxygen atoms in total. The van der Waals surface area contributed by atoms with Crippen LogP contribution in [0.1, 0.15) is 0 Å². The molecule has 0 atom stereocenters. The van der Waals surface area contributed by atoms with E-state index in [9.17, 15) is 0 Å². The maximum absolute atomic E-state index is 5.11. The summed E-state index contributed by atoms with van der Waals surface area (Å²) in [5.41, 5.74) is 0. The molecule has 0 bridgehead atoms. The molecule has 0 N–H and O–H groups in total. The van der Waals surface area contributed by atoms with Crippen LogP contribution in [0.25, 0.3) is 0 Å². The molecule has 0 aromatic rings. The van der Waals surface area contributed by atoms with Crippen LogP contribution in [0.3, 0.4) is 0 Å². The third kappa shape index (κ3) is 7.65. The van der Waals surface area contributed by atoms with Gasteiger partial charge in [-0.05, 0) is 12.1 Å². The number of rotatable bonds is 8. The minimum absolute atomic E-state index is 0.789. The van der Waals surface area contributed by atoms with Crippen LogP contribution >= 0.6 is 0 Å². The predicted octanol–water partition coefficient (Wildman–Crippen LogP) is 3.02. The molecule has 0 saturated carbocycles. The fraction of sp³-hybridized carbons (Fsp3) is 0.600. The SMILES string of the molecule is C=COCC[Si](C)(C)CCOC=C. The Kier molecular flexibility index (Phi) is 6.41. The van der Waals surface area contributed by atoms with Gasteiger partial charge in [-0.3, -0.25) is 0 Å². The van der Waals surface area contributed by atoms with Crippen molar-refractivity contribution in [3.63, 3.8) is 0 Å². The zero-order valence-corrected chi connectivity index (χ0v) is 9.71. The summed E-state index contributed by atoms with van der Waals surface area (Å²) in [7, 11) is -1.12. The topological polar surface area (TPSA) is 18.5 Å². The van der Waals surface area contributed by atoms with E-state index in [4.69, 9.17) is 9.47 Å². The summed E-state index contributed by atoms with van der Waals surface area (Å²) in [6.45, 7) is 13.3. The van der Waals surface area contributed by atoms with Crippen molar-refractivity contribution in [1.82, 2.24) is 0 Å². The number of hydrogen-bond acceptors (Lipinski definition) is 2. The summed E-state index contributed by atoms with van der Waals surface area (Å²) in [4.78, 5) is 0. The van der Waals surface area contributed by atoms with Crippen molar-refractivity contribution in [2.45, 2.75) is 25.2 Å². The molecule has 13 heavy (non-hydrogen) atoms. The van der Waals surface area contributed by atoms with E-state index in [1.54, 1.807) is 0 Å². The molecule has 0 amide bonds. The lowest BCUT2D eigenvalue weighted by Gasteiger charge is -2.21. The fourth-order valence-electron chi connectivity index (χ4n) is 0.962. The molecule has 0 fully saturated rings. The first kappa shape index (κ1) is 12.3. The molecule has 0 spiro atoms. The first-order valence-corrected chi connectivity index (χ1v) is 7.99. The highest BCUT2D eigenvalue weighted by atomic mass is 28.3. The van der Waals surface area contributed by atoms with Crippen molar-refractivity contribution in [3.05, 3.63) is 25.7 Å². The van der Waals surface area contributed by atoms with Crippen LogP contribution in [0, 0.1) is 0 Å². The Morgan fingerprint density at radius 3 is 1.69 bits per heavy atom. The Morgan fingerprint density at radius 2 is 1.38 bits per heavy atom. The summed E-state index contributed by atoms with van der Waals surface area (Å²) in [5.74, 6) is 0. The van der Waals surface area contributed by atoms with Gasteiger partial charge in [0.2, 0.25) is 0 Å². The second-order valence-corrected chi connectivity index (χ2v) is 9.07. The van der Waals surface area contributed by atoms with Crippen LogP contribution in [-0.4, -0.2) is 21.3 Å². The minimum atomic E-state index is -1.12. The lowest BCUT2D eigenvalue weighted by molar-refractivity contribution is 0.261. The monoisotopic (exact) mass is 200 g/mol. The molecule has 0 heterocycles. The molecule has 0 saturated heterocycles. The van der Waals surface area contributed by atoms with E-state index in [1.165, 1.54) is 12.5 Å². The molecule has 0 rings (SSSR count). The highest BCUT2D eigenvalue weighted by Crippen LogP contribution is 2.15. The first-order valence-electron chi connectivity index (χ1n) is 4.57. The van der Waals surface area contributed by atoms with Crippen LogP contribution in [0.2, 0.25) is 25.2 Å². The van der Waals surface area contributed by atoms with Crippen molar-refractivity contribution in [1.29, 1.82) is 0 Å². The number of ether oxygens (including phenoxy) is 2. The van der Waals surface area contributed by atoms with E-state index in [0.717, 1.165) is 25.3 Å². The van der Waals surface area contributed by atoms with E-state index in [0.29, 0.717) is 0 Å². The van der Waals surface area contributed by atoms with Crippen LogP contribution in [0.4, 0.5) is 0 Å². The van der Waals surface area contributed by atoms with Gasteiger partial charge >= 0.3 is 0 Å². The average Bonchev–Trinajstić information content (AvgIpc) is 2.05. The quantitative estimate of drug-likeness (QED) is 0.341. The maximum atomic E-state index is 5.11. The molecule has 0 aromatic carbocycles. The molecule has 0 aromatic heterocycles. The Bertz CT molecular complexity index is 139. The molecule has 76 valence electrons. The summed E-state index contributed by atoms with van der Waals surface area (Å²) in [5, 5.41) is 0. The Morgan fingerprint density at radius 1 is 1.00 bits per heavy atom. The van der Waals surface area contributed by atoms with E-state index < -0.39 is 8.07 Å². The molecule has 3 heteroatoms. The molecular formula is C10H20O2Si. The lowest BCUT2D eigenvalue weighted by Crippen LogP contribution is -2.28. The van der Waals surface area contributed by atoms with Gasteiger partial charge in [0, 0.05) is 0 Å². The average molecular weight is 200 g/mol. The van der Waals surface area contributed by atoms with Crippen LogP contribution < -0.4 is 0 Å². The minimum Gasteiger partial charge on any atom is -0.502 e. The summed E-state index contributed by atoms with van der Waals surface area (Å²) in [6, 6.07) is 2.30. The van der Waals surface area contributed by atoms with E-state index in [2.05, 4.69) is 26.3 Å². The predicted molar refractivity (Wildman–Crippen MR) is 59.4 cm³/mol. The normalized spacial score (nSPS) is 10.6. The van der Waals surface area contributed by atoms with Gasteiger partial charge in [-0.25, -0.2) is 0 Å². The van der Waals surface area contributed by atoms with Gasteiger partial charge < -0.3 is 9.47 Å². The second-order valence-electron chi connectivity index (χ2n) is 3.74. The van der Waals surface area contributed by atoms with Crippen LogP contribution in [0.5, 0.6) is 0 Å². The zero-order valence-electron chi connectivity index (χ0n) is 8.71. The Hall–Kier alpha value is -0.703. The number of hydrogen-bond donors (Lipinski definition) is 0. The van der Waals surface area contributed by atoms with Gasteiger partial charge in [0.15, 0.2) is 0 Å². The van der Waals surface area contributed by atoms with Gasteiger partial charge in [0.05, 0.1) is 33.8 Å². The smallest absolute Gasteiger partial charge is 0.0849 e. The van der Waals surface area contributed by atoms with Gasteiger partial charge in [-0.1, -0.05) is 26.3 Å². The first-order chi connectivity index (χ1) is 6.12. The fourth-order valence-corrected chi connectivity index (χ4v) is 2.55. The van der Waals surface area contributed by atoms with E-state index >= 15 is 0 Å². The van der Waals surface area contributed by atoms with E-state index in [-0.39, 0.29) is 0 Å². The molecular weight excluding hydrogens is 180 g/mol. The standard InChI is InChI=1S/C10H20O2Si/c1-5-11-7-9-13(3,4)10-8-12-6-2/h5-6H,1-2,7-10H2,3-4H3. The molecule has 0 unspecified atom stereocenters. The Labute approximate surface area is 82.3 Å². The van der Waals surface area contributed by atoms with Crippen molar-refractivity contribution in [2.75, 3.05) is 13.2 Å². The third-order valence-electron chi connectivity index (χ3n) is 2.03. The third-order valence-corrected chi connectivity index (χ3v) is 5.14. The van der Waals surface area contributed by atoms with Gasteiger partial charge in [-0.2, -0.15) is 0 Å². The summed E-state index contributed by atoms with van der Waals surface area (Å²) >= 11 is 0. The maximum Gasteiger partial charge on any atom is 0.0849 e. The van der Waals surface area contributed by atoms with Gasteiger partial charge in [0.1, 0.15) is 0 Å². The van der Waals surface area contributed by atoms with Crippen molar-refractivity contribution < 1.29 is 9.47 Å².